The van der Waals surface area contributed by atoms with Crippen molar-refractivity contribution in [3.05, 3.63) is 74.8 Å². The summed E-state index contributed by atoms with van der Waals surface area (Å²) in [4.78, 5) is 50.7. The molecule has 3 amide bonds. The van der Waals surface area contributed by atoms with Gasteiger partial charge < -0.3 is 0 Å². The van der Waals surface area contributed by atoms with Crippen molar-refractivity contribution in [1.29, 1.82) is 0 Å². The quantitative estimate of drug-likeness (QED) is 0.389. The van der Waals surface area contributed by atoms with Crippen LogP contribution < -0.4 is 0 Å². The zero-order valence-corrected chi connectivity index (χ0v) is 17.8. The number of carbonyl (C=O) groups is 3. The molecule has 4 atom stereocenters. The van der Waals surface area contributed by atoms with Gasteiger partial charge in [-0.2, -0.15) is 5.01 Å². The van der Waals surface area contributed by atoms with Crippen molar-refractivity contribution < 1.29 is 19.3 Å². The number of hydrogen-bond acceptors (Lipinski definition) is 5. The monoisotopic (exact) mass is 453 g/mol. The van der Waals surface area contributed by atoms with Gasteiger partial charge >= 0.3 is 0 Å². The fraction of sp³-hybridized carbons (Fsp3) is 0.348. The van der Waals surface area contributed by atoms with Crippen molar-refractivity contribution in [2.24, 2.45) is 23.7 Å². The second kappa shape index (κ2) is 7.70. The predicted octanol–water partition coefficient (Wildman–Crippen LogP) is 3.84. The normalized spacial score (nSPS) is 25.8. The van der Waals surface area contributed by atoms with Crippen molar-refractivity contribution in [3.63, 3.8) is 0 Å². The zero-order chi connectivity index (χ0) is 22.6. The highest BCUT2D eigenvalue weighted by Gasteiger charge is 2.62. The Labute approximate surface area is 188 Å². The third kappa shape index (κ3) is 3.17. The van der Waals surface area contributed by atoms with E-state index in [1.165, 1.54) is 24.3 Å². The van der Waals surface area contributed by atoms with Crippen molar-refractivity contribution in [2.45, 2.75) is 25.8 Å². The molecule has 0 N–H and O–H groups in total. The summed E-state index contributed by atoms with van der Waals surface area (Å²) in [7, 11) is 0. The molecule has 9 heteroatoms. The molecule has 1 saturated heterocycles. The van der Waals surface area contributed by atoms with Crippen LogP contribution in [0.15, 0.2) is 48.5 Å². The first-order chi connectivity index (χ1) is 15.4. The molecule has 0 radical (unpaired) electrons. The number of imide groups is 1. The van der Waals surface area contributed by atoms with Crippen LogP contribution in [0.25, 0.3) is 0 Å². The highest BCUT2D eigenvalue weighted by atomic mass is 35.5. The minimum absolute atomic E-state index is 0.0860. The SMILES string of the molecule is O=C(c1ccccc1Cl)N(Cc1ccc([N+](=O)[O-])cc1)N1C(=O)[C@H]2[C@H]3CC[C@@H](C3)[C@@H]2C1=O. The van der Waals surface area contributed by atoms with Crippen LogP contribution in [-0.4, -0.2) is 32.7 Å². The van der Waals surface area contributed by atoms with Crippen LogP contribution in [0.4, 0.5) is 5.69 Å². The summed E-state index contributed by atoms with van der Waals surface area (Å²) in [6.45, 7) is -0.0890. The molecule has 2 aromatic carbocycles. The minimum atomic E-state index is -0.567. The molecule has 164 valence electrons. The maximum absolute atomic E-state index is 13.5. The Hall–Kier alpha value is -3.26. The highest BCUT2D eigenvalue weighted by Crippen LogP contribution is 2.56. The molecule has 2 aromatic rings. The van der Waals surface area contributed by atoms with Gasteiger partial charge in [-0.3, -0.25) is 24.5 Å². The van der Waals surface area contributed by atoms with E-state index in [2.05, 4.69) is 0 Å². The molecule has 3 aliphatic rings. The summed E-state index contributed by atoms with van der Waals surface area (Å²) >= 11 is 6.24. The lowest BCUT2D eigenvalue weighted by Crippen LogP contribution is -2.50. The molecule has 1 aliphatic heterocycles. The second-order valence-electron chi connectivity index (χ2n) is 8.64. The lowest BCUT2D eigenvalue weighted by molar-refractivity contribution is -0.384. The lowest BCUT2D eigenvalue weighted by atomic mass is 9.81. The molecule has 2 aliphatic carbocycles. The Bertz CT molecular complexity index is 1110. The van der Waals surface area contributed by atoms with Crippen molar-refractivity contribution >= 4 is 35.0 Å². The molecule has 3 fully saturated rings. The molecule has 0 unspecified atom stereocenters. The number of amides is 3. The van der Waals surface area contributed by atoms with E-state index >= 15 is 0 Å². The maximum atomic E-state index is 13.5. The Morgan fingerprint density at radius 2 is 1.62 bits per heavy atom. The number of benzene rings is 2. The van der Waals surface area contributed by atoms with Crippen LogP contribution in [0.5, 0.6) is 0 Å². The van der Waals surface area contributed by atoms with Gasteiger partial charge in [0.05, 0.1) is 33.9 Å². The molecular weight excluding hydrogens is 434 g/mol. The van der Waals surface area contributed by atoms with Crippen LogP contribution in [0, 0.1) is 33.8 Å². The molecule has 5 rings (SSSR count). The van der Waals surface area contributed by atoms with Gasteiger partial charge in [0.2, 0.25) is 0 Å². The van der Waals surface area contributed by atoms with Gasteiger partial charge in [0.1, 0.15) is 0 Å². The molecule has 2 bridgehead atoms. The molecule has 0 aromatic heterocycles. The van der Waals surface area contributed by atoms with Gasteiger partial charge in [0.15, 0.2) is 0 Å². The van der Waals surface area contributed by atoms with E-state index in [0.717, 1.165) is 29.3 Å². The number of nitrogens with zero attached hydrogens (tertiary/aromatic N) is 3. The average Bonchev–Trinajstić information content (AvgIpc) is 3.46. The second-order valence-corrected chi connectivity index (χ2v) is 9.05. The first kappa shape index (κ1) is 20.6. The largest absolute Gasteiger partial charge is 0.274 e. The van der Waals surface area contributed by atoms with Gasteiger partial charge in [0, 0.05) is 12.1 Å². The number of hydrogen-bond donors (Lipinski definition) is 0. The van der Waals surface area contributed by atoms with Gasteiger partial charge in [-0.1, -0.05) is 35.9 Å². The summed E-state index contributed by atoms with van der Waals surface area (Å²) in [5.41, 5.74) is 0.644. The summed E-state index contributed by atoms with van der Waals surface area (Å²) < 4.78 is 0. The van der Waals surface area contributed by atoms with E-state index in [1.54, 1.807) is 24.3 Å². The Morgan fingerprint density at radius 3 is 2.19 bits per heavy atom. The molecule has 2 saturated carbocycles. The number of carbonyl (C=O) groups excluding carboxylic acids is 3. The fourth-order valence-corrected chi connectivity index (χ4v) is 5.75. The van der Waals surface area contributed by atoms with Crippen LogP contribution >= 0.6 is 11.6 Å². The minimum Gasteiger partial charge on any atom is -0.272 e. The van der Waals surface area contributed by atoms with E-state index < -0.39 is 10.8 Å². The standard InChI is InChI=1S/C23H20ClN3O5/c24-18-4-2-1-3-17(18)21(28)25(12-13-5-9-16(10-6-13)27(31)32)26-22(29)19-14-7-8-15(11-14)20(19)23(26)30/h1-6,9-10,14-15,19-20H,7-8,11-12H2/t14-,15-,19-,20-/m0/s1. The Kier molecular flexibility index (Phi) is 4.97. The lowest BCUT2D eigenvalue weighted by Gasteiger charge is -2.31. The summed E-state index contributed by atoms with van der Waals surface area (Å²) in [6, 6.07) is 12.2. The zero-order valence-electron chi connectivity index (χ0n) is 17.0. The predicted molar refractivity (Wildman–Crippen MR) is 114 cm³/mol. The Morgan fingerprint density at radius 1 is 1.03 bits per heavy atom. The van der Waals surface area contributed by atoms with Gasteiger partial charge in [0.25, 0.3) is 23.4 Å². The number of fused-ring (bicyclic) bond motifs is 5. The van der Waals surface area contributed by atoms with E-state index in [1.807, 2.05) is 0 Å². The first-order valence-corrected chi connectivity index (χ1v) is 10.9. The third-order valence-corrected chi connectivity index (χ3v) is 7.29. The van der Waals surface area contributed by atoms with Crippen LogP contribution in [0.2, 0.25) is 5.02 Å². The molecule has 8 nitrogen and oxygen atoms in total. The van der Waals surface area contributed by atoms with Crippen molar-refractivity contribution in [1.82, 2.24) is 10.0 Å². The van der Waals surface area contributed by atoms with Crippen LogP contribution in [-0.2, 0) is 16.1 Å². The number of nitro benzene ring substituents is 1. The number of rotatable bonds is 5. The van der Waals surface area contributed by atoms with E-state index in [-0.39, 0.29) is 58.3 Å². The van der Waals surface area contributed by atoms with Gasteiger partial charge in [-0.25, -0.2) is 5.01 Å². The molecule has 0 spiro atoms. The van der Waals surface area contributed by atoms with E-state index in [9.17, 15) is 24.5 Å². The summed E-state index contributed by atoms with van der Waals surface area (Å²) in [6.07, 6.45) is 2.75. The van der Waals surface area contributed by atoms with Crippen molar-refractivity contribution in [3.8, 4) is 0 Å². The summed E-state index contributed by atoms with van der Waals surface area (Å²) in [5, 5.41) is 13.3. The van der Waals surface area contributed by atoms with Crippen molar-refractivity contribution in [2.75, 3.05) is 0 Å². The highest BCUT2D eigenvalue weighted by molar-refractivity contribution is 6.33. The number of halogens is 1. The van der Waals surface area contributed by atoms with Crippen LogP contribution in [0.3, 0.4) is 0 Å². The first-order valence-electron chi connectivity index (χ1n) is 10.5. The third-order valence-electron chi connectivity index (χ3n) is 6.96. The van der Waals surface area contributed by atoms with E-state index in [0.29, 0.717) is 5.56 Å². The molecule has 32 heavy (non-hydrogen) atoms. The number of hydrazine groups is 1. The van der Waals surface area contributed by atoms with Crippen LogP contribution in [0.1, 0.15) is 35.2 Å². The summed E-state index contributed by atoms with van der Waals surface area (Å²) in [5.74, 6) is -1.63. The molecule has 1 heterocycles. The fourth-order valence-electron chi connectivity index (χ4n) is 5.53. The average molecular weight is 454 g/mol. The smallest absolute Gasteiger partial charge is 0.272 e. The number of non-ortho nitro benzene ring substituents is 1. The van der Waals surface area contributed by atoms with E-state index in [4.69, 9.17) is 11.6 Å². The maximum Gasteiger partial charge on any atom is 0.274 e. The number of nitro groups is 1. The van der Waals surface area contributed by atoms with Gasteiger partial charge in [-0.05, 0) is 48.8 Å². The van der Waals surface area contributed by atoms with Gasteiger partial charge in [-0.15, -0.1) is 0 Å². The topological polar surface area (TPSA) is 101 Å². The molecular formula is C23H20ClN3O5. The Balaban J connectivity index is 1.52.